The van der Waals surface area contributed by atoms with Crippen LogP contribution >= 0.6 is 0 Å². The Kier molecular flexibility index (Phi) is 6.27. The van der Waals surface area contributed by atoms with Crippen LogP contribution in [0.3, 0.4) is 0 Å². The number of aryl methyl sites for hydroxylation is 1. The number of ether oxygens (including phenoxy) is 3. The minimum atomic E-state index is -0.121. The molecule has 3 aromatic rings. The van der Waals surface area contributed by atoms with Crippen LogP contribution in [0.5, 0.6) is 11.5 Å². The minimum absolute atomic E-state index is 0.121. The van der Waals surface area contributed by atoms with E-state index in [0.717, 1.165) is 50.2 Å². The monoisotopic (exact) mass is 426 g/mol. The fraction of sp³-hybridized carbons (Fsp3) is 0.310. The van der Waals surface area contributed by atoms with E-state index in [1.54, 1.807) is 7.11 Å². The fourth-order valence-corrected chi connectivity index (χ4v) is 4.81. The average molecular weight is 427 g/mol. The molecule has 3 nitrogen and oxygen atoms in total. The van der Waals surface area contributed by atoms with Gasteiger partial charge in [-0.3, -0.25) is 0 Å². The summed E-state index contributed by atoms with van der Waals surface area (Å²) in [5.41, 5.74) is 7.86. The molecule has 0 amide bonds. The van der Waals surface area contributed by atoms with Crippen molar-refractivity contribution in [1.82, 2.24) is 0 Å². The van der Waals surface area contributed by atoms with Gasteiger partial charge < -0.3 is 14.2 Å². The van der Waals surface area contributed by atoms with E-state index in [1.807, 2.05) is 12.1 Å². The summed E-state index contributed by atoms with van der Waals surface area (Å²) in [7, 11) is 1.71. The summed E-state index contributed by atoms with van der Waals surface area (Å²) in [4.78, 5) is 0. The Morgan fingerprint density at radius 1 is 0.781 bits per heavy atom. The summed E-state index contributed by atoms with van der Waals surface area (Å²) in [5.74, 6) is 1.79. The van der Waals surface area contributed by atoms with E-state index in [2.05, 4.69) is 60.7 Å². The molecule has 3 aromatic carbocycles. The summed E-state index contributed by atoms with van der Waals surface area (Å²) < 4.78 is 17.4. The van der Waals surface area contributed by atoms with Crippen molar-refractivity contribution in [1.29, 1.82) is 0 Å². The van der Waals surface area contributed by atoms with E-state index in [0.29, 0.717) is 0 Å². The number of allylic oxidation sites excluding steroid dienone is 1. The molecule has 0 saturated carbocycles. The van der Waals surface area contributed by atoms with Crippen LogP contribution in [0, 0.1) is 0 Å². The maximum absolute atomic E-state index is 6.19. The highest BCUT2D eigenvalue weighted by atomic mass is 16.7. The van der Waals surface area contributed by atoms with Crippen molar-refractivity contribution in [3.05, 3.63) is 95.1 Å². The molecule has 1 heterocycles. The second-order valence-electron chi connectivity index (χ2n) is 8.53. The second-order valence-corrected chi connectivity index (χ2v) is 8.53. The summed E-state index contributed by atoms with van der Waals surface area (Å²) in [6.07, 6.45) is 6.33. The Hall–Kier alpha value is -3.04. The van der Waals surface area contributed by atoms with Crippen LogP contribution in [0.25, 0.3) is 11.1 Å². The first-order valence-electron chi connectivity index (χ1n) is 11.7. The Labute approximate surface area is 190 Å². The van der Waals surface area contributed by atoms with Gasteiger partial charge in [0.25, 0.3) is 0 Å². The number of hydrogen-bond acceptors (Lipinski definition) is 3. The predicted molar refractivity (Wildman–Crippen MR) is 129 cm³/mol. The maximum atomic E-state index is 6.19. The molecule has 0 N–H and O–H groups in total. The van der Waals surface area contributed by atoms with Crippen LogP contribution in [-0.2, 0) is 11.2 Å². The second kappa shape index (κ2) is 9.62. The van der Waals surface area contributed by atoms with Crippen molar-refractivity contribution in [3.63, 3.8) is 0 Å². The molecule has 2 aliphatic rings. The van der Waals surface area contributed by atoms with Crippen molar-refractivity contribution in [2.24, 2.45) is 0 Å². The zero-order valence-corrected chi connectivity index (χ0v) is 18.7. The number of methoxy groups -OCH3 is 1. The predicted octanol–water partition coefficient (Wildman–Crippen LogP) is 6.90. The van der Waals surface area contributed by atoms with Gasteiger partial charge in [0.15, 0.2) is 6.29 Å². The summed E-state index contributed by atoms with van der Waals surface area (Å²) in [6, 6.07) is 25.8. The van der Waals surface area contributed by atoms with Gasteiger partial charge in [-0.1, -0.05) is 48.5 Å². The molecular weight excluding hydrogens is 396 g/mol. The number of hydrogen-bond donors (Lipinski definition) is 0. The summed E-state index contributed by atoms with van der Waals surface area (Å²) in [5, 5.41) is 0. The van der Waals surface area contributed by atoms with E-state index in [4.69, 9.17) is 14.2 Å². The molecule has 1 atom stereocenters. The molecule has 0 aromatic heterocycles. The fourth-order valence-electron chi connectivity index (χ4n) is 4.81. The van der Waals surface area contributed by atoms with E-state index in [-0.39, 0.29) is 6.29 Å². The highest BCUT2D eigenvalue weighted by Gasteiger charge is 2.22. The van der Waals surface area contributed by atoms with Crippen LogP contribution in [0.2, 0.25) is 0 Å². The third-order valence-corrected chi connectivity index (χ3v) is 6.43. The van der Waals surface area contributed by atoms with Crippen LogP contribution in [0.4, 0.5) is 0 Å². The lowest BCUT2D eigenvalue weighted by Gasteiger charge is -2.24. The quantitative estimate of drug-likeness (QED) is 0.444. The van der Waals surface area contributed by atoms with Crippen molar-refractivity contribution < 1.29 is 14.2 Å². The molecule has 164 valence electrons. The van der Waals surface area contributed by atoms with Crippen molar-refractivity contribution in [2.45, 2.75) is 44.8 Å². The summed E-state index contributed by atoms with van der Waals surface area (Å²) >= 11 is 0. The maximum Gasteiger partial charge on any atom is 0.199 e. The lowest BCUT2D eigenvalue weighted by atomic mass is 9.88. The zero-order valence-electron chi connectivity index (χ0n) is 18.7. The molecule has 5 rings (SSSR count). The SMILES string of the molecule is COc1ccc(C2=C(c3ccccc3)CCCc3cc(OC4CCCCO4)ccc32)cc1. The Morgan fingerprint density at radius 3 is 2.34 bits per heavy atom. The van der Waals surface area contributed by atoms with Gasteiger partial charge in [0.2, 0.25) is 0 Å². The van der Waals surface area contributed by atoms with E-state index < -0.39 is 0 Å². The molecule has 1 aliphatic heterocycles. The van der Waals surface area contributed by atoms with Crippen LogP contribution < -0.4 is 9.47 Å². The largest absolute Gasteiger partial charge is 0.497 e. The van der Waals surface area contributed by atoms with Gasteiger partial charge in [0.05, 0.1) is 13.7 Å². The average Bonchev–Trinajstić information content (AvgIpc) is 3.04. The van der Waals surface area contributed by atoms with Crippen LogP contribution in [-0.4, -0.2) is 20.0 Å². The standard InChI is InChI=1S/C29H30O3/c1-30-24-15-13-22(14-16-24)29-26(21-8-3-2-4-9-21)11-7-10-23-20-25(17-18-27(23)29)32-28-12-5-6-19-31-28/h2-4,8-9,13-18,20,28H,5-7,10-12,19H2,1H3. The van der Waals surface area contributed by atoms with Crippen LogP contribution in [0.1, 0.15) is 54.4 Å². The summed E-state index contributed by atoms with van der Waals surface area (Å²) in [6.45, 7) is 0.792. The van der Waals surface area contributed by atoms with Gasteiger partial charge in [-0.15, -0.1) is 0 Å². The van der Waals surface area contributed by atoms with Crippen molar-refractivity contribution >= 4 is 11.1 Å². The Morgan fingerprint density at radius 2 is 1.59 bits per heavy atom. The highest BCUT2D eigenvalue weighted by molar-refractivity contribution is 6.00. The molecule has 0 radical (unpaired) electrons. The third kappa shape index (κ3) is 4.44. The lowest BCUT2D eigenvalue weighted by molar-refractivity contribution is -0.105. The topological polar surface area (TPSA) is 27.7 Å². The van der Waals surface area contributed by atoms with E-state index in [1.165, 1.54) is 39.8 Å². The first-order chi connectivity index (χ1) is 15.8. The lowest BCUT2D eigenvalue weighted by Crippen LogP contribution is -2.25. The smallest absolute Gasteiger partial charge is 0.199 e. The van der Waals surface area contributed by atoms with Gasteiger partial charge >= 0.3 is 0 Å². The third-order valence-electron chi connectivity index (χ3n) is 6.43. The zero-order chi connectivity index (χ0) is 21.8. The van der Waals surface area contributed by atoms with Gasteiger partial charge in [-0.2, -0.15) is 0 Å². The molecule has 3 heteroatoms. The molecular formula is C29H30O3. The normalized spacial score (nSPS) is 18.6. The number of rotatable bonds is 5. The van der Waals surface area contributed by atoms with Gasteiger partial charge in [-0.25, -0.2) is 0 Å². The Balaban J connectivity index is 1.59. The first kappa shape index (κ1) is 20.8. The highest BCUT2D eigenvalue weighted by Crippen LogP contribution is 2.41. The molecule has 1 fully saturated rings. The molecule has 1 unspecified atom stereocenters. The molecule has 1 aliphatic carbocycles. The number of fused-ring (bicyclic) bond motifs is 1. The molecule has 1 saturated heterocycles. The molecule has 32 heavy (non-hydrogen) atoms. The molecule has 0 spiro atoms. The van der Waals surface area contributed by atoms with Crippen molar-refractivity contribution in [2.75, 3.05) is 13.7 Å². The van der Waals surface area contributed by atoms with Crippen molar-refractivity contribution in [3.8, 4) is 11.5 Å². The number of benzene rings is 3. The van der Waals surface area contributed by atoms with Gasteiger partial charge in [0, 0.05) is 6.42 Å². The van der Waals surface area contributed by atoms with E-state index >= 15 is 0 Å². The van der Waals surface area contributed by atoms with E-state index in [9.17, 15) is 0 Å². The minimum Gasteiger partial charge on any atom is -0.497 e. The molecule has 0 bridgehead atoms. The Bertz CT molecular complexity index is 1080. The van der Waals surface area contributed by atoms with Gasteiger partial charge in [-0.05, 0) is 89.8 Å². The van der Waals surface area contributed by atoms with Gasteiger partial charge in [0.1, 0.15) is 11.5 Å². The first-order valence-corrected chi connectivity index (χ1v) is 11.7. The van der Waals surface area contributed by atoms with Crippen LogP contribution in [0.15, 0.2) is 72.8 Å².